The Bertz CT molecular complexity index is 634. The topological polar surface area (TPSA) is 35.2 Å². The van der Waals surface area contributed by atoms with E-state index in [0.717, 1.165) is 24.3 Å². The SMILES string of the molecule is Nc1ccc(OCc2cc(F)cc(F)c2)c(C(F)(F)F)c1. The summed E-state index contributed by atoms with van der Waals surface area (Å²) in [6.45, 7) is -0.401. The molecule has 112 valence electrons. The molecule has 2 rings (SSSR count). The Kier molecular flexibility index (Phi) is 4.02. The van der Waals surface area contributed by atoms with E-state index in [1.165, 1.54) is 6.07 Å². The Morgan fingerprint density at radius 2 is 1.57 bits per heavy atom. The number of nitrogen functional groups attached to an aromatic ring is 1. The lowest BCUT2D eigenvalue weighted by atomic mass is 10.1. The van der Waals surface area contributed by atoms with Gasteiger partial charge in [-0.2, -0.15) is 13.2 Å². The van der Waals surface area contributed by atoms with E-state index in [1.807, 2.05) is 0 Å². The number of ether oxygens (including phenoxy) is 1. The van der Waals surface area contributed by atoms with Crippen LogP contribution in [0.15, 0.2) is 36.4 Å². The summed E-state index contributed by atoms with van der Waals surface area (Å²) >= 11 is 0. The van der Waals surface area contributed by atoms with E-state index in [9.17, 15) is 22.0 Å². The van der Waals surface area contributed by atoms with Gasteiger partial charge in [-0.25, -0.2) is 8.78 Å². The molecule has 0 saturated heterocycles. The van der Waals surface area contributed by atoms with Crippen molar-refractivity contribution < 1.29 is 26.7 Å². The molecule has 0 radical (unpaired) electrons. The largest absolute Gasteiger partial charge is 0.488 e. The minimum absolute atomic E-state index is 0.0634. The van der Waals surface area contributed by atoms with Crippen molar-refractivity contribution in [2.24, 2.45) is 0 Å². The first kappa shape index (κ1) is 15.1. The van der Waals surface area contributed by atoms with E-state index >= 15 is 0 Å². The van der Waals surface area contributed by atoms with E-state index < -0.39 is 35.7 Å². The molecule has 2 N–H and O–H groups in total. The number of benzene rings is 2. The predicted octanol–water partition coefficient (Wildman–Crippen LogP) is 4.14. The van der Waals surface area contributed by atoms with Crippen molar-refractivity contribution in [3.63, 3.8) is 0 Å². The zero-order chi connectivity index (χ0) is 15.6. The van der Waals surface area contributed by atoms with E-state index in [0.29, 0.717) is 6.07 Å². The smallest absolute Gasteiger partial charge is 0.420 e. The molecule has 0 spiro atoms. The van der Waals surface area contributed by atoms with Crippen LogP contribution in [-0.4, -0.2) is 0 Å². The first-order valence-corrected chi connectivity index (χ1v) is 5.80. The van der Waals surface area contributed by atoms with Crippen molar-refractivity contribution in [2.45, 2.75) is 12.8 Å². The average Bonchev–Trinajstić information content (AvgIpc) is 2.35. The van der Waals surface area contributed by atoms with Gasteiger partial charge < -0.3 is 10.5 Å². The molecule has 7 heteroatoms. The minimum atomic E-state index is -4.64. The van der Waals surface area contributed by atoms with Gasteiger partial charge in [-0.05, 0) is 35.9 Å². The number of rotatable bonds is 3. The highest BCUT2D eigenvalue weighted by atomic mass is 19.4. The third-order valence-corrected chi connectivity index (χ3v) is 2.63. The molecule has 0 aliphatic heterocycles. The van der Waals surface area contributed by atoms with Gasteiger partial charge in [-0.15, -0.1) is 0 Å². The Morgan fingerprint density at radius 3 is 2.14 bits per heavy atom. The van der Waals surface area contributed by atoms with Crippen LogP contribution in [-0.2, 0) is 12.8 Å². The molecule has 0 unspecified atom stereocenters. The van der Waals surface area contributed by atoms with Gasteiger partial charge in [0.05, 0.1) is 5.56 Å². The Morgan fingerprint density at radius 1 is 0.952 bits per heavy atom. The van der Waals surface area contributed by atoms with Gasteiger partial charge in [0, 0.05) is 11.8 Å². The van der Waals surface area contributed by atoms with Crippen LogP contribution in [0.2, 0.25) is 0 Å². The van der Waals surface area contributed by atoms with Crippen molar-refractivity contribution in [3.8, 4) is 5.75 Å². The number of alkyl halides is 3. The standard InChI is InChI=1S/C14H10F5NO/c15-9-3-8(4-10(16)5-9)7-21-13-2-1-11(20)6-12(13)14(17,18)19/h1-6H,7,20H2. The van der Waals surface area contributed by atoms with Crippen molar-refractivity contribution in [3.05, 3.63) is 59.2 Å². The molecule has 0 aromatic heterocycles. The molecule has 0 aliphatic rings. The lowest BCUT2D eigenvalue weighted by molar-refractivity contribution is -0.139. The molecular weight excluding hydrogens is 293 g/mol. The second kappa shape index (κ2) is 5.59. The average molecular weight is 303 g/mol. The monoisotopic (exact) mass is 303 g/mol. The molecule has 0 aliphatic carbocycles. The first-order valence-electron chi connectivity index (χ1n) is 5.80. The lowest BCUT2D eigenvalue weighted by Gasteiger charge is -2.14. The van der Waals surface area contributed by atoms with E-state index in [-0.39, 0.29) is 11.3 Å². The maximum Gasteiger partial charge on any atom is 0.420 e. The number of hydrogen-bond donors (Lipinski definition) is 1. The van der Waals surface area contributed by atoms with Crippen LogP contribution in [0.25, 0.3) is 0 Å². The fourth-order valence-corrected chi connectivity index (χ4v) is 1.75. The van der Waals surface area contributed by atoms with Crippen LogP contribution < -0.4 is 10.5 Å². The van der Waals surface area contributed by atoms with Crippen LogP contribution in [0.1, 0.15) is 11.1 Å². The van der Waals surface area contributed by atoms with Crippen LogP contribution >= 0.6 is 0 Å². The van der Waals surface area contributed by atoms with Gasteiger partial charge >= 0.3 is 6.18 Å². The number of halogens is 5. The fourth-order valence-electron chi connectivity index (χ4n) is 1.75. The van der Waals surface area contributed by atoms with Crippen LogP contribution in [0.4, 0.5) is 27.6 Å². The number of hydrogen-bond acceptors (Lipinski definition) is 2. The molecular formula is C14H10F5NO. The number of anilines is 1. The minimum Gasteiger partial charge on any atom is -0.488 e. The van der Waals surface area contributed by atoms with Gasteiger partial charge in [0.15, 0.2) is 0 Å². The molecule has 0 saturated carbocycles. The third kappa shape index (κ3) is 3.84. The predicted molar refractivity (Wildman–Crippen MR) is 66.5 cm³/mol. The first-order chi connectivity index (χ1) is 9.75. The van der Waals surface area contributed by atoms with E-state index in [4.69, 9.17) is 10.5 Å². The van der Waals surface area contributed by atoms with Gasteiger partial charge in [-0.1, -0.05) is 0 Å². The maximum absolute atomic E-state index is 13.0. The summed E-state index contributed by atoms with van der Waals surface area (Å²) in [4.78, 5) is 0. The summed E-state index contributed by atoms with van der Waals surface area (Å²) in [6, 6.07) is 5.67. The molecule has 0 heterocycles. The highest BCUT2D eigenvalue weighted by molar-refractivity contribution is 5.49. The van der Waals surface area contributed by atoms with Gasteiger partial charge in [0.25, 0.3) is 0 Å². The highest BCUT2D eigenvalue weighted by Crippen LogP contribution is 2.37. The Hall–Kier alpha value is -2.31. The van der Waals surface area contributed by atoms with Crippen molar-refractivity contribution in [1.29, 1.82) is 0 Å². The zero-order valence-corrected chi connectivity index (χ0v) is 10.5. The van der Waals surface area contributed by atoms with Crippen LogP contribution in [0, 0.1) is 11.6 Å². The zero-order valence-electron chi connectivity index (χ0n) is 10.5. The Labute approximate surface area is 116 Å². The molecule has 0 atom stereocenters. The summed E-state index contributed by atoms with van der Waals surface area (Å²) in [5.41, 5.74) is 4.29. The second-order valence-corrected chi connectivity index (χ2v) is 4.32. The second-order valence-electron chi connectivity index (χ2n) is 4.32. The molecule has 2 aromatic carbocycles. The van der Waals surface area contributed by atoms with Crippen molar-refractivity contribution in [1.82, 2.24) is 0 Å². The van der Waals surface area contributed by atoms with E-state index in [1.54, 1.807) is 0 Å². The molecule has 0 fully saturated rings. The van der Waals surface area contributed by atoms with Gasteiger partial charge in [0.2, 0.25) is 0 Å². The van der Waals surface area contributed by atoms with E-state index in [2.05, 4.69) is 0 Å². The summed E-state index contributed by atoms with van der Waals surface area (Å²) in [5, 5.41) is 0. The third-order valence-electron chi connectivity index (χ3n) is 2.63. The number of nitrogens with two attached hydrogens (primary N) is 1. The molecule has 21 heavy (non-hydrogen) atoms. The van der Waals surface area contributed by atoms with Crippen LogP contribution in [0.3, 0.4) is 0 Å². The summed E-state index contributed by atoms with van der Waals surface area (Å²) in [7, 11) is 0. The van der Waals surface area contributed by atoms with Crippen molar-refractivity contribution in [2.75, 3.05) is 5.73 Å². The van der Waals surface area contributed by atoms with Gasteiger partial charge in [0.1, 0.15) is 24.0 Å². The molecule has 2 aromatic rings. The van der Waals surface area contributed by atoms with Gasteiger partial charge in [-0.3, -0.25) is 0 Å². The fraction of sp³-hybridized carbons (Fsp3) is 0.143. The molecule has 0 amide bonds. The normalized spacial score (nSPS) is 11.5. The molecule has 2 nitrogen and oxygen atoms in total. The maximum atomic E-state index is 13.0. The summed E-state index contributed by atoms with van der Waals surface area (Å²) in [6.07, 6.45) is -4.64. The van der Waals surface area contributed by atoms with Crippen molar-refractivity contribution >= 4 is 5.69 Å². The lowest BCUT2D eigenvalue weighted by Crippen LogP contribution is -2.09. The summed E-state index contributed by atoms with van der Waals surface area (Å²) in [5.74, 6) is -2.12. The van der Waals surface area contributed by atoms with Crippen LogP contribution in [0.5, 0.6) is 5.75 Å². The summed E-state index contributed by atoms with van der Waals surface area (Å²) < 4.78 is 69.5. The Balaban J connectivity index is 2.24. The quantitative estimate of drug-likeness (QED) is 0.683. The highest BCUT2D eigenvalue weighted by Gasteiger charge is 2.34. The molecule has 0 bridgehead atoms.